The van der Waals surface area contributed by atoms with Crippen LogP contribution in [0.5, 0.6) is 0 Å². The molecule has 0 aliphatic rings. The van der Waals surface area contributed by atoms with Crippen molar-refractivity contribution in [3.05, 3.63) is 35.9 Å². The van der Waals surface area contributed by atoms with E-state index in [0.29, 0.717) is 13.0 Å². The summed E-state index contributed by atoms with van der Waals surface area (Å²) in [5.41, 5.74) is -0.0507. The van der Waals surface area contributed by atoms with Gasteiger partial charge in [-0.3, -0.25) is 4.79 Å². The van der Waals surface area contributed by atoms with Crippen molar-refractivity contribution < 1.29 is 14.3 Å². The molecule has 0 saturated heterocycles. The van der Waals surface area contributed by atoms with Gasteiger partial charge in [-0.2, -0.15) is 0 Å². The number of rotatable bonds is 5. The normalized spacial score (nSPS) is 13.5. The van der Waals surface area contributed by atoms with Gasteiger partial charge < -0.3 is 10.1 Å². The van der Waals surface area contributed by atoms with E-state index in [0.717, 1.165) is 5.56 Å². The fourth-order valence-corrected chi connectivity index (χ4v) is 1.85. The largest absolute Gasteiger partial charge is 0.464 e. The quantitative estimate of drug-likeness (QED) is 0.808. The Morgan fingerprint density at radius 1 is 1.28 bits per heavy atom. The molecule has 0 aliphatic heterocycles. The number of nitrogens with one attached hydrogen (secondary N) is 1. The third kappa shape index (κ3) is 3.87. The Morgan fingerprint density at radius 2 is 1.89 bits per heavy atom. The number of esters is 1. The van der Waals surface area contributed by atoms with Crippen LogP contribution in [0.25, 0.3) is 0 Å². The zero-order valence-corrected chi connectivity index (χ0v) is 11.0. The maximum absolute atomic E-state index is 12.0. The topological polar surface area (TPSA) is 55.4 Å². The van der Waals surface area contributed by atoms with Crippen molar-refractivity contribution >= 4 is 11.9 Å². The molecule has 0 radical (unpaired) electrons. The van der Waals surface area contributed by atoms with Crippen LogP contribution in [-0.2, 0) is 20.7 Å². The summed E-state index contributed by atoms with van der Waals surface area (Å²) in [6.45, 7) is 5.11. The second-order valence-electron chi connectivity index (χ2n) is 4.40. The standard InChI is InChI=1S/C14H19NO3/c1-4-18-13(17)14(3,15-11(2)16)10-12-8-6-5-7-9-12/h5-9H,4,10H2,1-3H3,(H,15,16). The Balaban J connectivity index is 2.90. The van der Waals surface area contributed by atoms with E-state index in [9.17, 15) is 9.59 Å². The first-order chi connectivity index (χ1) is 8.48. The first-order valence-electron chi connectivity index (χ1n) is 5.98. The molecule has 4 heteroatoms. The molecule has 98 valence electrons. The lowest BCUT2D eigenvalue weighted by molar-refractivity contribution is -0.152. The van der Waals surface area contributed by atoms with Crippen molar-refractivity contribution in [1.82, 2.24) is 5.32 Å². The SMILES string of the molecule is CCOC(=O)C(C)(Cc1ccccc1)NC(C)=O. The summed E-state index contributed by atoms with van der Waals surface area (Å²) in [6, 6.07) is 9.53. The minimum absolute atomic E-state index is 0.249. The predicted molar refractivity (Wildman–Crippen MR) is 69.0 cm³/mol. The van der Waals surface area contributed by atoms with Crippen LogP contribution >= 0.6 is 0 Å². The lowest BCUT2D eigenvalue weighted by Gasteiger charge is -2.28. The molecular weight excluding hydrogens is 230 g/mol. The predicted octanol–water partition coefficient (Wildman–Crippen LogP) is 1.69. The molecule has 0 bridgehead atoms. The summed E-state index contributed by atoms with van der Waals surface area (Å²) >= 11 is 0. The van der Waals surface area contributed by atoms with E-state index in [1.807, 2.05) is 30.3 Å². The zero-order chi connectivity index (χ0) is 13.6. The number of benzene rings is 1. The summed E-state index contributed by atoms with van der Waals surface area (Å²) < 4.78 is 5.03. The first kappa shape index (κ1) is 14.2. The Morgan fingerprint density at radius 3 is 2.39 bits per heavy atom. The maximum atomic E-state index is 12.0. The Labute approximate surface area is 107 Å². The average Bonchev–Trinajstić information content (AvgIpc) is 2.29. The van der Waals surface area contributed by atoms with E-state index < -0.39 is 11.5 Å². The van der Waals surface area contributed by atoms with Crippen molar-refractivity contribution in [2.24, 2.45) is 0 Å². The van der Waals surface area contributed by atoms with Crippen molar-refractivity contribution in [2.45, 2.75) is 32.7 Å². The highest BCUT2D eigenvalue weighted by Crippen LogP contribution is 2.15. The van der Waals surface area contributed by atoms with E-state index in [4.69, 9.17) is 4.74 Å². The molecule has 1 rings (SSSR count). The van der Waals surface area contributed by atoms with Crippen molar-refractivity contribution in [3.8, 4) is 0 Å². The van der Waals surface area contributed by atoms with E-state index in [1.165, 1.54) is 6.92 Å². The summed E-state index contributed by atoms with van der Waals surface area (Å²) in [6.07, 6.45) is 0.409. The number of hydrogen-bond acceptors (Lipinski definition) is 3. The molecule has 1 amide bonds. The second kappa shape index (κ2) is 6.19. The molecule has 18 heavy (non-hydrogen) atoms. The molecule has 1 unspecified atom stereocenters. The smallest absolute Gasteiger partial charge is 0.331 e. The Kier molecular flexibility index (Phi) is 4.89. The molecule has 0 aromatic heterocycles. The third-order valence-electron chi connectivity index (χ3n) is 2.58. The highest BCUT2D eigenvalue weighted by molar-refractivity contribution is 5.87. The van der Waals surface area contributed by atoms with E-state index in [1.54, 1.807) is 13.8 Å². The van der Waals surface area contributed by atoms with Crippen LogP contribution in [0.15, 0.2) is 30.3 Å². The molecule has 0 saturated carbocycles. The Bertz CT molecular complexity index is 416. The number of amides is 1. The van der Waals surface area contributed by atoms with Gasteiger partial charge in [-0.1, -0.05) is 30.3 Å². The lowest BCUT2D eigenvalue weighted by atomic mass is 9.92. The van der Waals surface area contributed by atoms with E-state index in [-0.39, 0.29) is 5.91 Å². The minimum atomic E-state index is -1.02. The summed E-state index contributed by atoms with van der Waals surface area (Å²) in [5.74, 6) is -0.662. The summed E-state index contributed by atoms with van der Waals surface area (Å²) in [7, 11) is 0. The molecule has 0 fully saturated rings. The van der Waals surface area contributed by atoms with Gasteiger partial charge in [-0.15, -0.1) is 0 Å². The zero-order valence-electron chi connectivity index (χ0n) is 11.0. The molecule has 0 spiro atoms. The van der Waals surface area contributed by atoms with Gasteiger partial charge in [0, 0.05) is 13.3 Å². The van der Waals surface area contributed by atoms with Gasteiger partial charge in [-0.25, -0.2) is 4.79 Å². The molecule has 1 aromatic carbocycles. The second-order valence-corrected chi connectivity index (χ2v) is 4.40. The molecule has 1 N–H and O–H groups in total. The highest BCUT2D eigenvalue weighted by atomic mass is 16.5. The average molecular weight is 249 g/mol. The fourth-order valence-electron chi connectivity index (χ4n) is 1.85. The number of hydrogen-bond donors (Lipinski definition) is 1. The van der Waals surface area contributed by atoms with Gasteiger partial charge in [0.05, 0.1) is 6.61 Å². The minimum Gasteiger partial charge on any atom is -0.464 e. The van der Waals surface area contributed by atoms with Crippen molar-refractivity contribution in [3.63, 3.8) is 0 Å². The van der Waals surface area contributed by atoms with Crippen molar-refractivity contribution in [2.75, 3.05) is 6.61 Å². The Hall–Kier alpha value is -1.84. The van der Waals surface area contributed by atoms with E-state index >= 15 is 0 Å². The van der Waals surface area contributed by atoms with Gasteiger partial charge in [0.2, 0.25) is 5.91 Å². The number of carbonyl (C=O) groups is 2. The van der Waals surface area contributed by atoms with Gasteiger partial charge in [-0.05, 0) is 19.4 Å². The van der Waals surface area contributed by atoms with Crippen LogP contribution in [0.1, 0.15) is 26.3 Å². The summed E-state index contributed by atoms with van der Waals surface area (Å²) in [4.78, 5) is 23.2. The first-order valence-corrected chi connectivity index (χ1v) is 5.98. The van der Waals surface area contributed by atoms with Crippen LogP contribution in [0.4, 0.5) is 0 Å². The number of ether oxygens (including phenoxy) is 1. The third-order valence-corrected chi connectivity index (χ3v) is 2.58. The van der Waals surface area contributed by atoms with Crippen LogP contribution in [0.3, 0.4) is 0 Å². The molecule has 4 nitrogen and oxygen atoms in total. The van der Waals surface area contributed by atoms with E-state index in [2.05, 4.69) is 5.32 Å². The maximum Gasteiger partial charge on any atom is 0.331 e. The van der Waals surface area contributed by atoms with Crippen LogP contribution < -0.4 is 5.32 Å². The van der Waals surface area contributed by atoms with Crippen molar-refractivity contribution in [1.29, 1.82) is 0 Å². The van der Waals surface area contributed by atoms with Crippen LogP contribution in [0, 0.1) is 0 Å². The molecular formula is C14H19NO3. The van der Waals surface area contributed by atoms with Gasteiger partial charge in [0.1, 0.15) is 5.54 Å². The molecule has 1 aromatic rings. The fraction of sp³-hybridized carbons (Fsp3) is 0.429. The molecule has 0 aliphatic carbocycles. The number of carbonyl (C=O) groups excluding carboxylic acids is 2. The van der Waals surface area contributed by atoms with Gasteiger partial charge >= 0.3 is 5.97 Å². The van der Waals surface area contributed by atoms with Crippen LogP contribution in [0.2, 0.25) is 0 Å². The monoisotopic (exact) mass is 249 g/mol. The lowest BCUT2D eigenvalue weighted by Crippen LogP contribution is -2.54. The highest BCUT2D eigenvalue weighted by Gasteiger charge is 2.35. The van der Waals surface area contributed by atoms with Gasteiger partial charge in [0.25, 0.3) is 0 Å². The molecule has 1 atom stereocenters. The summed E-state index contributed by atoms with van der Waals surface area (Å²) in [5, 5.41) is 2.68. The van der Waals surface area contributed by atoms with Crippen LogP contribution in [-0.4, -0.2) is 24.0 Å². The van der Waals surface area contributed by atoms with Gasteiger partial charge in [0.15, 0.2) is 0 Å². The molecule has 0 heterocycles.